The number of nitro groups is 1. The van der Waals surface area contributed by atoms with Crippen molar-refractivity contribution in [3.8, 4) is 0 Å². The number of nitrogens with zero attached hydrogens (tertiary/aromatic N) is 4. The molecule has 0 amide bonds. The second-order valence-corrected chi connectivity index (χ2v) is 6.33. The third kappa shape index (κ3) is 4.13. The molecule has 24 heavy (non-hydrogen) atoms. The molecule has 0 aliphatic rings. The van der Waals surface area contributed by atoms with Gasteiger partial charge >= 0.3 is 5.69 Å². The van der Waals surface area contributed by atoms with Crippen molar-refractivity contribution >= 4 is 29.3 Å². The number of aromatic nitrogens is 3. The van der Waals surface area contributed by atoms with Crippen LogP contribution in [0.4, 0.5) is 11.5 Å². The molecule has 0 aliphatic carbocycles. The fourth-order valence-electron chi connectivity index (χ4n) is 1.85. The number of hydrazone groups is 1. The van der Waals surface area contributed by atoms with Gasteiger partial charge in [-0.05, 0) is 6.07 Å². The molecular formula is C14H15ClN6O3. The average Bonchev–Trinajstić information content (AvgIpc) is 2.47. The summed E-state index contributed by atoms with van der Waals surface area (Å²) in [6, 6.07) is 4.28. The topological polar surface area (TPSA) is 126 Å². The molecule has 1 aromatic heterocycles. The van der Waals surface area contributed by atoms with Gasteiger partial charge in [-0.3, -0.25) is 15.5 Å². The van der Waals surface area contributed by atoms with E-state index in [0.29, 0.717) is 11.3 Å². The van der Waals surface area contributed by atoms with Gasteiger partial charge in [0.2, 0.25) is 0 Å². The maximum Gasteiger partial charge on any atom is 0.363 e. The number of nitro benzene ring substituents is 1. The van der Waals surface area contributed by atoms with E-state index in [4.69, 9.17) is 11.6 Å². The molecule has 0 aliphatic heterocycles. The van der Waals surface area contributed by atoms with Crippen molar-refractivity contribution in [2.75, 3.05) is 5.43 Å². The Bertz CT molecular complexity index is 856. The van der Waals surface area contributed by atoms with E-state index in [1.807, 2.05) is 20.8 Å². The monoisotopic (exact) mass is 350 g/mol. The van der Waals surface area contributed by atoms with Crippen LogP contribution in [0.3, 0.4) is 0 Å². The number of H-pyrrole nitrogens is 1. The predicted molar refractivity (Wildman–Crippen MR) is 90.7 cm³/mol. The van der Waals surface area contributed by atoms with Crippen molar-refractivity contribution in [2.24, 2.45) is 5.10 Å². The van der Waals surface area contributed by atoms with E-state index in [9.17, 15) is 14.9 Å². The van der Waals surface area contributed by atoms with Gasteiger partial charge < -0.3 is 0 Å². The molecule has 0 unspecified atom stereocenters. The van der Waals surface area contributed by atoms with Crippen molar-refractivity contribution in [1.82, 2.24) is 15.2 Å². The van der Waals surface area contributed by atoms with E-state index in [1.54, 1.807) is 6.07 Å². The van der Waals surface area contributed by atoms with Gasteiger partial charge in [-0.25, -0.2) is 9.89 Å². The highest BCUT2D eigenvalue weighted by atomic mass is 35.5. The summed E-state index contributed by atoms with van der Waals surface area (Å²) in [6.45, 7) is 5.73. The van der Waals surface area contributed by atoms with Gasteiger partial charge in [-0.15, -0.1) is 0 Å². The molecule has 0 spiro atoms. The summed E-state index contributed by atoms with van der Waals surface area (Å²) < 4.78 is 0. The first kappa shape index (κ1) is 17.5. The SMILES string of the molecule is CC(C)(C)c1n[nH]c(=O)nc1N/N=C/c1ccc(Cl)c([N+](=O)[O-])c1. The van der Waals surface area contributed by atoms with Crippen molar-refractivity contribution in [1.29, 1.82) is 0 Å². The van der Waals surface area contributed by atoms with Crippen LogP contribution in [-0.2, 0) is 5.41 Å². The standard InChI is InChI=1S/C14H15ClN6O3/c1-14(2,3)11-12(17-13(22)20-18-11)19-16-7-8-4-5-9(15)10(6-8)21(23)24/h4-7H,1-3H3,(H2,17,19,20,22)/b16-7+. The van der Waals surface area contributed by atoms with Crippen LogP contribution < -0.4 is 11.1 Å². The third-order valence-corrected chi connectivity index (χ3v) is 3.28. The Labute approximate surface area is 141 Å². The molecule has 0 fully saturated rings. The summed E-state index contributed by atoms with van der Waals surface area (Å²) >= 11 is 5.75. The lowest BCUT2D eigenvalue weighted by atomic mass is 9.92. The second kappa shape index (κ2) is 6.75. The Hall–Kier alpha value is -2.81. The molecular weight excluding hydrogens is 336 g/mol. The highest BCUT2D eigenvalue weighted by molar-refractivity contribution is 6.32. The van der Waals surface area contributed by atoms with E-state index in [-0.39, 0.29) is 21.9 Å². The molecule has 0 saturated heterocycles. The first-order valence-corrected chi connectivity index (χ1v) is 7.26. The number of halogens is 1. The van der Waals surface area contributed by atoms with Gasteiger partial charge in [0, 0.05) is 17.0 Å². The van der Waals surface area contributed by atoms with Crippen molar-refractivity contribution in [2.45, 2.75) is 26.2 Å². The molecule has 0 bridgehead atoms. The minimum absolute atomic E-state index is 0.0422. The molecule has 10 heteroatoms. The fourth-order valence-corrected chi connectivity index (χ4v) is 2.04. The minimum Gasteiger partial charge on any atom is -0.260 e. The minimum atomic E-state index is -0.608. The Morgan fingerprint density at radius 3 is 2.75 bits per heavy atom. The summed E-state index contributed by atoms with van der Waals surface area (Å²) in [6.07, 6.45) is 1.36. The number of benzene rings is 1. The first-order chi connectivity index (χ1) is 11.2. The molecule has 2 N–H and O–H groups in total. The van der Waals surface area contributed by atoms with Crippen LogP contribution in [0, 0.1) is 10.1 Å². The number of rotatable bonds is 4. The summed E-state index contributed by atoms with van der Waals surface area (Å²) in [4.78, 5) is 25.4. The maximum absolute atomic E-state index is 11.3. The Kier molecular flexibility index (Phi) is 4.93. The van der Waals surface area contributed by atoms with E-state index in [2.05, 4.69) is 25.7 Å². The van der Waals surface area contributed by atoms with Crippen LogP contribution in [0.2, 0.25) is 5.02 Å². The smallest absolute Gasteiger partial charge is 0.260 e. The van der Waals surface area contributed by atoms with Crippen molar-refractivity contribution in [3.05, 3.63) is 55.1 Å². The molecule has 1 heterocycles. The highest BCUT2D eigenvalue weighted by Crippen LogP contribution is 2.25. The van der Waals surface area contributed by atoms with Crippen LogP contribution in [0.1, 0.15) is 32.0 Å². The Balaban J connectivity index is 2.27. The zero-order valence-electron chi connectivity index (χ0n) is 13.2. The van der Waals surface area contributed by atoms with Crippen LogP contribution in [-0.4, -0.2) is 26.3 Å². The maximum atomic E-state index is 11.3. The summed E-state index contributed by atoms with van der Waals surface area (Å²) in [5.41, 5.74) is 2.45. The third-order valence-electron chi connectivity index (χ3n) is 2.96. The van der Waals surface area contributed by atoms with Crippen molar-refractivity contribution in [3.63, 3.8) is 0 Å². The lowest BCUT2D eigenvalue weighted by Gasteiger charge is -2.18. The van der Waals surface area contributed by atoms with E-state index >= 15 is 0 Å². The second-order valence-electron chi connectivity index (χ2n) is 5.93. The van der Waals surface area contributed by atoms with Crippen molar-refractivity contribution < 1.29 is 4.92 Å². The largest absolute Gasteiger partial charge is 0.363 e. The normalized spacial score (nSPS) is 11.7. The lowest BCUT2D eigenvalue weighted by Crippen LogP contribution is -2.24. The molecule has 0 radical (unpaired) electrons. The summed E-state index contributed by atoms with van der Waals surface area (Å²) in [5.74, 6) is 0.214. The van der Waals surface area contributed by atoms with Crippen LogP contribution in [0.5, 0.6) is 0 Å². The summed E-state index contributed by atoms with van der Waals surface area (Å²) in [7, 11) is 0. The highest BCUT2D eigenvalue weighted by Gasteiger charge is 2.21. The summed E-state index contributed by atoms with van der Waals surface area (Å²) in [5, 5.41) is 21.1. The van der Waals surface area contributed by atoms with E-state index in [1.165, 1.54) is 18.3 Å². The quantitative estimate of drug-likeness (QED) is 0.495. The number of hydrogen-bond donors (Lipinski definition) is 2. The van der Waals surface area contributed by atoms with Gasteiger partial charge in [0.05, 0.1) is 11.1 Å². The zero-order chi connectivity index (χ0) is 17.9. The van der Waals surface area contributed by atoms with Gasteiger partial charge in [0.25, 0.3) is 5.69 Å². The fraction of sp³-hybridized carbons (Fsp3) is 0.286. The van der Waals surface area contributed by atoms with Gasteiger partial charge in [0.15, 0.2) is 5.82 Å². The van der Waals surface area contributed by atoms with E-state index < -0.39 is 10.6 Å². The van der Waals surface area contributed by atoms with Gasteiger partial charge in [-0.1, -0.05) is 38.4 Å². The van der Waals surface area contributed by atoms with Gasteiger partial charge in [0.1, 0.15) is 10.7 Å². The van der Waals surface area contributed by atoms with Gasteiger partial charge in [-0.2, -0.15) is 15.2 Å². The molecule has 2 aromatic rings. The molecule has 126 valence electrons. The zero-order valence-corrected chi connectivity index (χ0v) is 14.0. The number of aromatic amines is 1. The number of hydrogen-bond acceptors (Lipinski definition) is 7. The first-order valence-electron chi connectivity index (χ1n) is 6.88. The predicted octanol–water partition coefficient (Wildman–Crippen LogP) is 2.47. The Morgan fingerprint density at radius 1 is 1.42 bits per heavy atom. The number of anilines is 1. The van der Waals surface area contributed by atoms with Crippen LogP contribution in [0.15, 0.2) is 28.1 Å². The molecule has 0 atom stereocenters. The molecule has 2 rings (SSSR count). The Morgan fingerprint density at radius 2 is 2.12 bits per heavy atom. The molecule has 1 aromatic carbocycles. The van der Waals surface area contributed by atoms with Crippen LogP contribution in [0.25, 0.3) is 0 Å². The average molecular weight is 351 g/mol. The molecule has 9 nitrogen and oxygen atoms in total. The molecule has 0 saturated carbocycles. The lowest BCUT2D eigenvalue weighted by molar-refractivity contribution is -0.384. The number of nitrogens with one attached hydrogen (secondary N) is 2. The van der Waals surface area contributed by atoms with Crippen LogP contribution >= 0.6 is 11.6 Å². The van der Waals surface area contributed by atoms with E-state index in [0.717, 1.165) is 0 Å².